The molecular weight excluding hydrogens is 184 g/mol. The molecule has 0 N–H and O–H groups in total. The molecule has 0 aromatic carbocycles. The number of hydrogen-bond acceptors (Lipinski definition) is 1. The normalized spacial score (nSPS) is 13.2. The van der Waals surface area contributed by atoms with Crippen LogP contribution in [0.2, 0.25) is 0 Å². The summed E-state index contributed by atoms with van der Waals surface area (Å²) in [7, 11) is 1.58. The Kier molecular flexibility index (Phi) is 10.4. The van der Waals surface area contributed by atoms with Crippen molar-refractivity contribution in [2.45, 2.75) is 64.0 Å². The molecule has 0 amide bonds. The minimum absolute atomic E-state index is 0.686. The van der Waals surface area contributed by atoms with Crippen LogP contribution in [0.3, 0.4) is 0 Å². The summed E-state index contributed by atoms with van der Waals surface area (Å²) in [5.41, 5.74) is 0. The highest BCUT2D eigenvalue weighted by molar-refractivity contribution is 8.68. The summed E-state index contributed by atoms with van der Waals surface area (Å²) in [4.78, 5) is 0. The van der Waals surface area contributed by atoms with Crippen LogP contribution < -0.4 is 0 Å². The Labute approximate surface area is 86.7 Å². The molecule has 73 valence electrons. The smallest absolute Gasteiger partial charge is 0.0131 e. The van der Waals surface area contributed by atoms with Gasteiger partial charge in [0.1, 0.15) is 0 Å². The van der Waals surface area contributed by atoms with E-state index in [2.05, 4.69) is 13.8 Å². The average molecular weight is 205 g/mol. The Morgan fingerprint density at radius 2 is 1.67 bits per heavy atom. The van der Waals surface area contributed by atoms with E-state index in [1.807, 2.05) is 0 Å². The molecule has 0 aromatic heterocycles. The first-order valence-corrected chi connectivity index (χ1v) is 6.90. The minimum atomic E-state index is 0.686. The molecule has 0 saturated heterocycles. The summed E-state index contributed by atoms with van der Waals surface area (Å²) < 4.78 is 0. The monoisotopic (exact) mass is 205 g/mol. The van der Waals surface area contributed by atoms with Gasteiger partial charge in [0.25, 0.3) is 0 Å². The lowest BCUT2D eigenvalue weighted by molar-refractivity contribution is 0.589. The molecule has 2 heteroatoms. The second kappa shape index (κ2) is 9.79. The molecule has 1 unspecified atom stereocenters. The van der Waals surface area contributed by atoms with Crippen LogP contribution in [-0.4, -0.2) is 5.25 Å². The van der Waals surface area contributed by atoms with E-state index in [0.717, 1.165) is 0 Å². The van der Waals surface area contributed by atoms with Gasteiger partial charge in [0.05, 0.1) is 0 Å². The van der Waals surface area contributed by atoms with Crippen molar-refractivity contribution < 1.29 is 0 Å². The van der Waals surface area contributed by atoms with Gasteiger partial charge in [0.2, 0.25) is 0 Å². The van der Waals surface area contributed by atoms with Crippen molar-refractivity contribution in [2.75, 3.05) is 0 Å². The van der Waals surface area contributed by atoms with Crippen LogP contribution in [0.4, 0.5) is 0 Å². The topological polar surface area (TPSA) is 0 Å². The lowest BCUT2D eigenvalue weighted by Crippen LogP contribution is -1.92. The van der Waals surface area contributed by atoms with Crippen molar-refractivity contribution in [1.82, 2.24) is 0 Å². The predicted octanol–water partition coefficient (Wildman–Crippen LogP) is 4.97. The predicted molar refractivity (Wildman–Crippen MR) is 62.6 cm³/mol. The molecule has 0 saturated carbocycles. The van der Waals surface area contributed by atoms with E-state index in [9.17, 15) is 0 Å². The summed E-state index contributed by atoms with van der Waals surface area (Å²) in [5, 5.41) is 0.686. The first-order valence-electron chi connectivity index (χ1n) is 5.10. The molecule has 1 radical (unpaired) electrons. The van der Waals surface area contributed by atoms with E-state index in [0.29, 0.717) is 5.25 Å². The molecule has 0 rings (SSSR count). The fourth-order valence-electron chi connectivity index (χ4n) is 1.26. The van der Waals surface area contributed by atoms with Gasteiger partial charge in [0, 0.05) is 5.25 Å². The van der Waals surface area contributed by atoms with E-state index in [4.69, 9.17) is 11.7 Å². The molecule has 12 heavy (non-hydrogen) atoms. The molecule has 0 aliphatic rings. The zero-order valence-corrected chi connectivity index (χ0v) is 9.98. The van der Waals surface area contributed by atoms with Gasteiger partial charge < -0.3 is 0 Å². The number of hydrogen-bond donors (Lipinski definition) is 0. The minimum Gasteiger partial charge on any atom is -0.0786 e. The second-order valence-electron chi connectivity index (χ2n) is 3.46. The third-order valence-corrected chi connectivity index (χ3v) is 3.68. The Balaban J connectivity index is 2.90. The molecule has 0 aliphatic heterocycles. The van der Waals surface area contributed by atoms with Crippen molar-refractivity contribution in [3.63, 3.8) is 0 Å². The van der Waals surface area contributed by atoms with E-state index >= 15 is 0 Å². The summed E-state index contributed by atoms with van der Waals surface area (Å²) in [5.74, 6) is 0. The Hall–Kier alpha value is 0.700. The molecule has 0 aromatic rings. The van der Waals surface area contributed by atoms with E-state index in [1.54, 1.807) is 10.8 Å². The molecule has 0 spiro atoms. The molecular formula is C10H21S2. The van der Waals surface area contributed by atoms with Gasteiger partial charge in [-0.15, -0.1) is 0 Å². The largest absolute Gasteiger partial charge is 0.0786 e. The van der Waals surface area contributed by atoms with Crippen LogP contribution in [0.1, 0.15) is 58.8 Å². The zero-order chi connectivity index (χ0) is 9.23. The Morgan fingerprint density at radius 3 is 2.25 bits per heavy atom. The number of rotatable bonds is 8. The highest BCUT2D eigenvalue weighted by atomic mass is 33.1. The zero-order valence-electron chi connectivity index (χ0n) is 8.34. The van der Waals surface area contributed by atoms with Crippen molar-refractivity contribution in [1.29, 1.82) is 0 Å². The summed E-state index contributed by atoms with van der Waals surface area (Å²) in [6.45, 7) is 4.49. The Bertz CT molecular complexity index is 83.9. The first-order chi connectivity index (χ1) is 5.81. The van der Waals surface area contributed by atoms with Crippen LogP contribution in [0, 0.1) is 0 Å². The van der Waals surface area contributed by atoms with Crippen LogP contribution in [0.25, 0.3) is 0 Å². The van der Waals surface area contributed by atoms with Crippen LogP contribution in [0.15, 0.2) is 0 Å². The molecule has 1 atom stereocenters. The summed E-state index contributed by atoms with van der Waals surface area (Å²) in [6.07, 6.45) is 9.67. The molecule has 0 bridgehead atoms. The fraction of sp³-hybridized carbons (Fsp3) is 1.00. The SMILES string of the molecule is CCCCCCCCC(C)S[S]. The van der Waals surface area contributed by atoms with Gasteiger partial charge in [-0.3, -0.25) is 0 Å². The van der Waals surface area contributed by atoms with Crippen molar-refractivity contribution >= 4 is 22.5 Å². The molecule has 0 aliphatic carbocycles. The van der Waals surface area contributed by atoms with Crippen LogP contribution >= 0.6 is 22.5 Å². The van der Waals surface area contributed by atoms with Gasteiger partial charge in [0.15, 0.2) is 0 Å². The average Bonchev–Trinajstić information content (AvgIpc) is 2.10. The third kappa shape index (κ3) is 8.79. The maximum Gasteiger partial charge on any atom is 0.0131 e. The van der Waals surface area contributed by atoms with Crippen molar-refractivity contribution in [3.8, 4) is 0 Å². The summed E-state index contributed by atoms with van der Waals surface area (Å²) >= 11 is 4.91. The number of unbranched alkanes of at least 4 members (excludes halogenated alkanes) is 5. The lowest BCUT2D eigenvalue weighted by Gasteiger charge is -2.05. The lowest BCUT2D eigenvalue weighted by atomic mass is 10.1. The van der Waals surface area contributed by atoms with Crippen molar-refractivity contribution in [2.24, 2.45) is 0 Å². The fourth-order valence-corrected chi connectivity index (χ4v) is 1.81. The van der Waals surface area contributed by atoms with Gasteiger partial charge in [-0.05, 0) is 18.1 Å². The van der Waals surface area contributed by atoms with Gasteiger partial charge >= 0.3 is 0 Å². The molecule has 0 heterocycles. The van der Waals surface area contributed by atoms with E-state index in [1.165, 1.54) is 44.9 Å². The van der Waals surface area contributed by atoms with E-state index in [-0.39, 0.29) is 0 Å². The van der Waals surface area contributed by atoms with Crippen LogP contribution in [-0.2, 0) is 0 Å². The second-order valence-corrected chi connectivity index (χ2v) is 5.04. The van der Waals surface area contributed by atoms with E-state index < -0.39 is 0 Å². The van der Waals surface area contributed by atoms with Crippen LogP contribution in [0.5, 0.6) is 0 Å². The molecule has 0 fully saturated rings. The maximum atomic E-state index is 4.91. The standard InChI is InChI=1S/C10H21S2/c1-3-4-5-6-7-8-9-10(2)12-11/h10H,3-9H2,1-2H3. The first kappa shape index (κ1) is 12.7. The molecule has 0 nitrogen and oxygen atoms in total. The highest BCUT2D eigenvalue weighted by Gasteiger charge is 1.98. The highest BCUT2D eigenvalue weighted by Crippen LogP contribution is 2.20. The Morgan fingerprint density at radius 1 is 1.08 bits per heavy atom. The van der Waals surface area contributed by atoms with Gasteiger partial charge in [-0.2, -0.15) is 0 Å². The van der Waals surface area contributed by atoms with Gasteiger partial charge in [-0.1, -0.05) is 63.2 Å². The third-order valence-electron chi connectivity index (χ3n) is 2.13. The quantitative estimate of drug-likeness (QED) is 0.398. The van der Waals surface area contributed by atoms with Gasteiger partial charge in [-0.25, -0.2) is 0 Å². The maximum absolute atomic E-state index is 4.91. The van der Waals surface area contributed by atoms with Crippen molar-refractivity contribution in [3.05, 3.63) is 0 Å². The summed E-state index contributed by atoms with van der Waals surface area (Å²) in [6, 6.07) is 0.